The van der Waals surface area contributed by atoms with Crippen molar-refractivity contribution in [3.05, 3.63) is 102 Å². The summed E-state index contributed by atoms with van der Waals surface area (Å²) in [6.45, 7) is 10.9. The molecule has 0 saturated carbocycles. The van der Waals surface area contributed by atoms with Crippen LogP contribution in [-0.2, 0) is 91.5 Å². The topological polar surface area (TPSA) is 479 Å². The minimum absolute atomic E-state index is 0.000305. The Hall–Kier alpha value is -8.96. The Morgan fingerprint density at radius 2 is 1.15 bits per heavy atom. The Morgan fingerprint density at radius 3 is 1.70 bits per heavy atom. The molecule has 0 bridgehead atoms. The van der Waals surface area contributed by atoms with Gasteiger partial charge in [0.2, 0.25) is 11.8 Å². The van der Waals surface area contributed by atoms with Gasteiger partial charge in [-0.05, 0) is 25.2 Å². The van der Waals surface area contributed by atoms with E-state index in [0.29, 0.717) is 52.6 Å². The molecule has 0 radical (unpaired) electrons. The Labute approximate surface area is 549 Å². The van der Waals surface area contributed by atoms with E-state index in [9.17, 15) is 58.5 Å². The van der Waals surface area contributed by atoms with Gasteiger partial charge in [0.25, 0.3) is 0 Å². The van der Waals surface area contributed by atoms with Gasteiger partial charge in [0.1, 0.15) is 11.8 Å². The summed E-state index contributed by atoms with van der Waals surface area (Å²) < 4.78 is 0.443. The number of carbonyl (C=O) groups excluding carboxylic acids is 8. The van der Waals surface area contributed by atoms with E-state index in [0.717, 1.165) is 0 Å². The predicted octanol–water partition coefficient (Wildman–Crippen LogP) is -1.18. The van der Waals surface area contributed by atoms with Crippen LogP contribution in [0.25, 0.3) is 0 Å². The number of carboxylic acids is 2. The summed E-state index contributed by atoms with van der Waals surface area (Å²) in [5, 5.41) is 51.5. The van der Waals surface area contributed by atoms with E-state index in [1.54, 1.807) is 74.3 Å². The Kier molecular flexibility index (Phi) is 29.7. The number of carbonyl (C=O) groups is 10. The Bertz CT molecular complexity index is 3190. The zero-order chi connectivity index (χ0) is 68.5. The molecule has 11 atom stereocenters. The van der Waals surface area contributed by atoms with Crippen molar-refractivity contribution < 1.29 is 81.1 Å². The van der Waals surface area contributed by atoms with Crippen molar-refractivity contribution in [2.75, 3.05) is 13.1 Å². The van der Waals surface area contributed by atoms with Crippen molar-refractivity contribution in [1.29, 1.82) is 0 Å². The van der Waals surface area contributed by atoms with Gasteiger partial charge >= 0.3 is 377 Å². The van der Waals surface area contributed by atoms with Gasteiger partial charge in [-0.2, -0.15) is 0 Å². The van der Waals surface area contributed by atoms with Gasteiger partial charge in [-0.15, -0.1) is 0 Å². The molecule has 1 aliphatic heterocycles. The number of imidazole rings is 2. The average molecular weight is 1380 g/mol. The normalized spacial score (nSPS) is 16.3. The standard InChI is InChI=1S/C62H89N17O13.Rh/c1-7-36(6)52(78-57(87)46(25-38-17-19-42(80)20-18-38)75-59(89)51(35(4)5)77-54(84)44(15-11-21-68-62(64)65)72-53(83)43(63)28-50(81)82)60(90)71-41(26-39-29-66-32-69-39)31-79-22-12-16-49(79)58(88)74-45(24-37-13-9-8-10-14-37)55(85)73-47(27-40-30-67-33-70-40)56(86)76-48(61(91)92)23-34(2)3;/h8-10,13-14,17-20,29-30,32-36,41,43-49,51-52,80H,7,11-12,15-16,21-28,63H2,1-6H3,(H,66,69)(H,67,70)(H,71,90)(H,72,83)(H,73,85)(H,74,88)(H,75,89)(H,76,86)(H,77,84)(H,78,87)(H,81,82)(H,91,92)(H4,64,65,68);/t36-,41?,43?,44?,45?,46?,47?,48?,49-,51?,52?;/m0./s1. The van der Waals surface area contributed by atoms with E-state index >= 15 is 4.79 Å². The number of aliphatic carboxylic acids is 2. The molecule has 1 fully saturated rings. The number of likely N-dealkylation sites (tertiary alicyclic amines) is 1. The maximum atomic E-state index is 15.0. The molecule has 31 heteroatoms. The Morgan fingerprint density at radius 1 is 0.645 bits per heavy atom. The van der Waals surface area contributed by atoms with E-state index in [1.807, 2.05) is 20.8 Å². The zero-order valence-electron chi connectivity index (χ0n) is 53.0. The fourth-order valence-electron chi connectivity index (χ4n) is 10.4. The molecule has 509 valence electrons. The van der Waals surface area contributed by atoms with E-state index in [4.69, 9.17) is 17.2 Å². The number of phenols is 1. The summed E-state index contributed by atoms with van der Waals surface area (Å²) in [6.07, 6.45) is 6.47. The van der Waals surface area contributed by atoms with E-state index < -0.39 is 138 Å². The minimum atomic E-state index is -1.52. The third kappa shape index (κ3) is 24.2. The third-order valence-corrected chi connectivity index (χ3v) is 16.6. The zero-order valence-corrected chi connectivity index (χ0v) is 54.6. The van der Waals surface area contributed by atoms with Gasteiger partial charge in [-0.1, -0.05) is 27.7 Å². The molecular weight excluding hydrogens is 1290 g/mol. The van der Waals surface area contributed by atoms with Crippen LogP contribution in [0, 0.1) is 17.8 Å². The fourth-order valence-corrected chi connectivity index (χ4v) is 11.1. The minimum Gasteiger partial charge on any atom is -0.480 e. The first-order valence-corrected chi connectivity index (χ1v) is 31.7. The van der Waals surface area contributed by atoms with Crippen LogP contribution in [0.15, 0.2) is 84.6 Å². The van der Waals surface area contributed by atoms with E-state index in [1.165, 1.54) is 31.0 Å². The van der Waals surface area contributed by atoms with Crippen LogP contribution in [-0.4, -0.2) is 183 Å². The molecule has 2 aromatic carbocycles. The van der Waals surface area contributed by atoms with Gasteiger partial charge in [0.05, 0.1) is 18.8 Å². The summed E-state index contributed by atoms with van der Waals surface area (Å²) in [4.78, 5) is 158. The molecule has 1 saturated heterocycles. The number of nitrogens with two attached hydrogens (primary N) is 3. The number of carboxylic acid groups (broad SMARTS) is 2. The number of hydrogen-bond donors (Lipinski definition) is 16. The van der Waals surface area contributed by atoms with Gasteiger partial charge in [-0.25, -0.2) is 9.78 Å². The molecule has 3 heterocycles. The smallest absolute Gasteiger partial charge is 0.480 e. The number of guanidine groups is 1. The maximum absolute atomic E-state index is 15.0. The summed E-state index contributed by atoms with van der Waals surface area (Å²) in [6, 6.07) is 2.33. The van der Waals surface area contributed by atoms with Crippen LogP contribution in [0.1, 0.15) is 109 Å². The second kappa shape index (κ2) is 36.9. The average Bonchev–Trinajstić information content (AvgIpc) is 1.81. The van der Waals surface area contributed by atoms with E-state index in [-0.39, 0.29) is 69.1 Å². The van der Waals surface area contributed by atoms with Crippen LogP contribution in [0.3, 0.4) is 0 Å². The number of hydrogen-bond acceptors (Lipinski definition) is 16. The molecule has 9 unspecified atom stereocenters. The third-order valence-electron chi connectivity index (χ3n) is 15.6. The SMILES string of the molecule is CC[C@H](C)C(NC(=O)C(Cc1ccc(O)cc1)NC(=O)C(NC(=O)C(CCCN=C(N)N)NC(=O)C(N)CC(=O)O)C(C)C)C(=O)NC(Cc1cnc[nH]1)[C](=[Rh])N1CCC[C@H]1C(=O)NC(Cc1ccccc1)C(=O)NC(Cc1cnc[nH]1)C(=O)NC(CC(C)C)C(=O)O. The molecule has 0 spiro atoms. The quantitative estimate of drug-likeness (QED) is 0.0109. The van der Waals surface area contributed by atoms with Crippen LogP contribution in [0.4, 0.5) is 0 Å². The second-order valence-electron chi connectivity index (χ2n) is 23.9. The van der Waals surface area contributed by atoms with Crippen LogP contribution in [0.5, 0.6) is 5.75 Å². The monoisotopic (exact) mass is 1380 g/mol. The van der Waals surface area contributed by atoms with Gasteiger partial charge in [-0.3, -0.25) is 19.4 Å². The first-order chi connectivity index (χ1) is 44.1. The number of aromatic hydroxyl groups is 1. The molecule has 8 amide bonds. The Balaban J connectivity index is 1.40. The molecular formula is C62H89N17O13Rh. The summed E-state index contributed by atoms with van der Waals surface area (Å²) in [5.74, 6) is -10.2. The number of phenolic OH excluding ortho intramolecular Hbond substituents is 1. The second-order valence-corrected chi connectivity index (χ2v) is 24.7. The van der Waals surface area contributed by atoms with Crippen molar-refractivity contribution >= 4 is 69.4 Å². The van der Waals surface area contributed by atoms with Gasteiger partial charge in [0.15, 0.2) is 5.96 Å². The van der Waals surface area contributed by atoms with Crippen LogP contribution >= 0.6 is 0 Å². The summed E-state index contributed by atoms with van der Waals surface area (Å²) in [7, 11) is 0. The number of nitrogens with zero attached hydrogens (tertiary/aromatic N) is 4. The van der Waals surface area contributed by atoms with Crippen molar-refractivity contribution in [2.45, 2.75) is 173 Å². The van der Waals surface area contributed by atoms with Gasteiger partial charge in [0, 0.05) is 6.54 Å². The summed E-state index contributed by atoms with van der Waals surface area (Å²) >= 11 is 2.94. The van der Waals surface area contributed by atoms with Crippen molar-refractivity contribution in [3.8, 4) is 5.75 Å². The first-order valence-electron chi connectivity index (χ1n) is 30.9. The molecule has 30 nitrogen and oxygen atoms in total. The number of amides is 8. The number of benzene rings is 2. The van der Waals surface area contributed by atoms with Crippen LogP contribution in [0.2, 0.25) is 0 Å². The molecule has 4 aromatic rings. The molecule has 1 aliphatic rings. The molecule has 19 N–H and O–H groups in total. The number of H-pyrrole nitrogens is 2. The molecule has 5 rings (SSSR count). The van der Waals surface area contributed by atoms with Crippen molar-refractivity contribution in [2.24, 2.45) is 39.9 Å². The number of nitrogens with one attached hydrogen (secondary N) is 10. The number of aromatic amines is 2. The number of aliphatic imine (C=N–C) groups is 1. The molecule has 2 aromatic heterocycles. The number of rotatable bonds is 38. The summed E-state index contributed by atoms with van der Waals surface area (Å²) in [5.41, 5.74) is 19.0. The van der Waals surface area contributed by atoms with Crippen molar-refractivity contribution in [1.82, 2.24) is 67.4 Å². The van der Waals surface area contributed by atoms with E-state index in [2.05, 4.69) is 85.3 Å². The van der Waals surface area contributed by atoms with Crippen LogP contribution < -0.4 is 59.7 Å². The molecule has 93 heavy (non-hydrogen) atoms. The van der Waals surface area contributed by atoms with Crippen molar-refractivity contribution in [3.63, 3.8) is 0 Å². The fraction of sp³-hybridized carbons (Fsp3) is 0.516. The molecule has 0 aliphatic carbocycles. The predicted molar refractivity (Wildman–Crippen MR) is 338 cm³/mol. The number of aromatic nitrogens is 4. The first kappa shape index (κ1) is 74.8. The van der Waals surface area contributed by atoms with Gasteiger partial charge < -0.3 is 37.8 Å².